The number of hydrogen-bond acceptors (Lipinski definition) is 3. The molecule has 16 heavy (non-hydrogen) atoms. The van der Waals surface area contributed by atoms with Crippen LogP contribution in [-0.4, -0.2) is 17.6 Å². The van der Waals surface area contributed by atoms with E-state index in [4.69, 9.17) is 0 Å². The molecule has 1 saturated carbocycles. The molecule has 2 nitrogen and oxygen atoms in total. The van der Waals surface area contributed by atoms with Gasteiger partial charge in [-0.05, 0) is 24.7 Å². The van der Waals surface area contributed by atoms with Crippen LogP contribution in [-0.2, 0) is 6.42 Å². The van der Waals surface area contributed by atoms with E-state index in [1.54, 1.807) is 11.3 Å². The third-order valence-electron chi connectivity index (χ3n) is 3.79. The van der Waals surface area contributed by atoms with Gasteiger partial charge in [0.25, 0.3) is 0 Å². The van der Waals surface area contributed by atoms with E-state index in [0.29, 0.717) is 6.04 Å². The van der Waals surface area contributed by atoms with E-state index in [0.717, 1.165) is 24.8 Å². The summed E-state index contributed by atoms with van der Waals surface area (Å²) in [5.74, 6) is 1.67. The zero-order valence-corrected chi connectivity index (χ0v) is 11.1. The molecule has 0 saturated heterocycles. The Bertz CT molecular complexity index is 287. The van der Waals surface area contributed by atoms with Gasteiger partial charge in [-0.3, -0.25) is 0 Å². The molecule has 0 aromatic carbocycles. The lowest BCUT2D eigenvalue weighted by atomic mass is 9.79. The topological polar surface area (TPSA) is 24.9 Å². The Balaban J connectivity index is 1.75. The summed E-state index contributed by atoms with van der Waals surface area (Å²) in [5.41, 5.74) is 3.15. The van der Waals surface area contributed by atoms with Gasteiger partial charge in [0.15, 0.2) is 0 Å². The zero-order chi connectivity index (χ0) is 11.4. The van der Waals surface area contributed by atoms with Gasteiger partial charge in [0.1, 0.15) is 0 Å². The van der Waals surface area contributed by atoms with Crippen molar-refractivity contribution in [1.82, 2.24) is 10.3 Å². The molecule has 1 fully saturated rings. The highest BCUT2D eigenvalue weighted by Crippen LogP contribution is 2.28. The van der Waals surface area contributed by atoms with Crippen LogP contribution in [0.1, 0.15) is 38.8 Å². The second-order valence-corrected chi connectivity index (χ2v) is 5.81. The molecular weight excluding hydrogens is 216 g/mol. The fourth-order valence-electron chi connectivity index (χ4n) is 2.81. The van der Waals surface area contributed by atoms with Gasteiger partial charge < -0.3 is 5.32 Å². The monoisotopic (exact) mass is 238 g/mol. The maximum Gasteiger partial charge on any atom is 0.0794 e. The largest absolute Gasteiger partial charge is 0.313 e. The van der Waals surface area contributed by atoms with Gasteiger partial charge >= 0.3 is 0 Å². The number of rotatable bonds is 4. The van der Waals surface area contributed by atoms with Gasteiger partial charge in [0, 0.05) is 24.4 Å². The summed E-state index contributed by atoms with van der Waals surface area (Å²) in [4.78, 5) is 4.32. The Hall–Kier alpha value is -0.410. The number of hydrogen-bond donors (Lipinski definition) is 1. The molecule has 3 heteroatoms. The quantitative estimate of drug-likeness (QED) is 0.872. The van der Waals surface area contributed by atoms with E-state index in [1.165, 1.54) is 25.0 Å². The molecule has 2 unspecified atom stereocenters. The molecule has 0 bridgehead atoms. The first-order valence-electron chi connectivity index (χ1n) is 6.38. The fraction of sp³-hybridized carbons (Fsp3) is 0.769. The van der Waals surface area contributed by atoms with Crippen LogP contribution < -0.4 is 5.32 Å². The van der Waals surface area contributed by atoms with Crippen LogP contribution in [0.3, 0.4) is 0 Å². The zero-order valence-electron chi connectivity index (χ0n) is 10.3. The van der Waals surface area contributed by atoms with Crippen molar-refractivity contribution in [1.29, 1.82) is 0 Å². The van der Waals surface area contributed by atoms with Crippen LogP contribution in [0.5, 0.6) is 0 Å². The van der Waals surface area contributed by atoms with Gasteiger partial charge in [-0.2, -0.15) is 0 Å². The van der Waals surface area contributed by atoms with Crippen molar-refractivity contribution in [3.63, 3.8) is 0 Å². The van der Waals surface area contributed by atoms with Crippen molar-refractivity contribution in [2.24, 2.45) is 11.8 Å². The van der Waals surface area contributed by atoms with Crippen molar-refractivity contribution in [2.75, 3.05) is 6.54 Å². The molecule has 1 aliphatic rings. The first-order chi connectivity index (χ1) is 7.77. The number of thiazole rings is 1. The van der Waals surface area contributed by atoms with E-state index in [-0.39, 0.29) is 0 Å². The average Bonchev–Trinajstić information content (AvgIpc) is 2.75. The van der Waals surface area contributed by atoms with Crippen LogP contribution in [0.2, 0.25) is 0 Å². The van der Waals surface area contributed by atoms with Crippen LogP contribution in [0, 0.1) is 11.8 Å². The normalized spacial score (nSPS) is 30.5. The van der Waals surface area contributed by atoms with Crippen molar-refractivity contribution in [3.05, 3.63) is 16.6 Å². The predicted molar refractivity (Wildman–Crippen MR) is 69.8 cm³/mol. The summed E-state index contributed by atoms with van der Waals surface area (Å²) in [6.07, 6.45) is 5.25. The Morgan fingerprint density at radius 2 is 2.12 bits per heavy atom. The van der Waals surface area contributed by atoms with Crippen molar-refractivity contribution in [3.8, 4) is 0 Å². The van der Waals surface area contributed by atoms with Crippen LogP contribution in [0.4, 0.5) is 0 Å². The SMILES string of the molecule is CC1CCCC(C)C1NCCc1cscn1. The first kappa shape index (κ1) is 12.1. The van der Waals surface area contributed by atoms with Gasteiger partial charge in [-0.1, -0.05) is 20.3 Å². The Morgan fingerprint density at radius 1 is 1.38 bits per heavy atom. The van der Waals surface area contributed by atoms with E-state index >= 15 is 0 Å². The van der Waals surface area contributed by atoms with Crippen LogP contribution >= 0.6 is 11.3 Å². The highest BCUT2D eigenvalue weighted by atomic mass is 32.1. The minimum absolute atomic E-state index is 0.715. The minimum atomic E-state index is 0.715. The Kier molecular flexibility index (Phi) is 4.36. The molecule has 0 aliphatic heterocycles. The minimum Gasteiger partial charge on any atom is -0.313 e. The third kappa shape index (κ3) is 3.05. The molecule has 0 radical (unpaired) electrons. The van der Waals surface area contributed by atoms with Gasteiger partial charge in [0.2, 0.25) is 0 Å². The van der Waals surface area contributed by atoms with E-state index < -0.39 is 0 Å². The first-order valence-corrected chi connectivity index (χ1v) is 7.32. The van der Waals surface area contributed by atoms with Crippen molar-refractivity contribution < 1.29 is 0 Å². The van der Waals surface area contributed by atoms with Gasteiger partial charge in [0.05, 0.1) is 11.2 Å². The molecule has 1 heterocycles. The van der Waals surface area contributed by atoms with E-state index in [2.05, 4.69) is 29.5 Å². The summed E-state index contributed by atoms with van der Waals surface area (Å²) < 4.78 is 0. The smallest absolute Gasteiger partial charge is 0.0794 e. The number of nitrogens with zero attached hydrogens (tertiary/aromatic N) is 1. The maximum absolute atomic E-state index is 4.32. The average molecular weight is 238 g/mol. The molecule has 1 aliphatic carbocycles. The lowest BCUT2D eigenvalue weighted by Gasteiger charge is -2.35. The maximum atomic E-state index is 4.32. The summed E-state index contributed by atoms with van der Waals surface area (Å²) in [6.45, 7) is 5.84. The van der Waals surface area contributed by atoms with E-state index in [1.807, 2.05) is 5.51 Å². The Morgan fingerprint density at radius 3 is 2.75 bits per heavy atom. The summed E-state index contributed by atoms with van der Waals surface area (Å²) >= 11 is 1.69. The summed E-state index contributed by atoms with van der Waals surface area (Å²) in [6, 6.07) is 0.715. The van der Waals surface area contributed by atoms with Gasteiger partial charge in [-0.15, -0.1) is 11.3 Å². The molecule has 0 spiro atoms. The summed E-state index contributed by atoms with van der Waals surface area (Å²) in [7, 11) is 0. The lowest BCUT2D eigenvalue weighted by molar-refractivity contribution is 0.210. The highest BCUT2D eigenvalue weighted by molar-refractivity contribution is 7.07. The van der Waals surface area contributed by atoms with E-state index in [9.17, 15) is 0 Å². The van der Waals surface area contributed by atoms with Crippen molar-refractivity contribution in [2.45, 2.75) is 45.6 Å². The predicted octanol–water partition coefficient (Wildman–Crippen LogP) is 3.10. The second-order valence-electron chi connectivity index (χ2n) is 5.10. The molecule has 1 N–H and O–H groups in total. The molecule has 2 rings (SSSR count). The molecular formula is C13H22N2S. The Labute approximate surface area is 102 Å². The van der Waals surface area contributed by atoms with Crippen molar-refractivity contribution >= 4 is 11.3 Å². The van der Waals surface area contributed by atoms with Gasteiger partial charge in [-0.25, -0.2) is 4.98 Å². The molecule has 90 valence electrons. The standard InChI is InChI=1S/C13H22N2S/c1-10-4-3-5-11(2)13(10)14-7-6-12-8-16-9-15-12/h8-11,13-14H,3-7H2,1-2H3. The third-order valence-corrected chi connectivity index (χ3v) is 4.42. The van der Waals surface area contributed by atoms with Crippen LogP contribution in [0.25, 0.3) is 0 Å². The number of aromatic nitrogens is 1. The molecule has 1 aromatic rings. The fourth-order valence-corrected chi connectivity index (χ4v) is 3.40. The molecule has 2 atom stereocenters. The highest BCUT2D eigenvalue weighted by Gasteiger charge is 2.26. The van der Waals surface area contributed by atoms with Crippen LogP contribution in [0.15, 0.2) is 10.9 Å². The molecule has 1 aromatic heterocycles. The second kappa shape index (κ2) is 5.78. The lowest BCUT2D eigenvalue weighted by Crippen LogP contribution is -2.43. The number of nitrogens with one attached hydrogen (secondary N) is 1. The summed E-state index contributed by atoms with van der Waals surface area (Å²) in [5, 5.41) is 5.87. The molecule has 0 amide bonds.